The van der Waals surface area contributed by atoms with Gasteiger partial charge in [-0.05, 0) is 24.3 Å². The second-order valence-corrected chi connectivity index (χ2v) is 7.56. The minimum atomic E-state index is -3.65. The second-order valence-electron chi connectivity index (χ2n) is 5.70. The van der Waals surface area contributed by atoms with Crippen molar-refractivity contribution in [3.63, 3.8) is 0 Å². The van der Waals surface area contributed by atoms with Crippen LogP contribution >= 0.6 is 0 Å². The van der Waals surface area contributed by atoms with E-state index in [-0.39, 0.29) is 10.8 Å². The van der Waals surface area contributed by atoms with Crippen molar-refractivity contribution in [2.75, 3.05) is 44.6 Å². The highest BCUT2D eigenvalue weighted by Gasteiger charge is 2.34. The Morgan fingerprint density at radius 2 is 1.83 bits per heavy atom. The van der Waals surface area contributed by atoms with Crippen LogP contribution in [0.3, 0.4) is 0 Å². The molecule has 1 aromatic rings. The van der Waals surface area contributed by atoms with E-state index in [1.54, 1.807) is 12.1 Å². The molecule has 2 aliphatic rings. The molecule has 1 fully saturated rings. The maximum atomic E-state index is 12.9. The topological polar surface area (TPSA) is 94.1 Å². The predicted octanol–water partition coefficient (Wildman–Crippen LogP) is -0.0895. The molecule has 1 amide bonds. The van der Waals surface area contributed by atoms with Crippen molar-refractivity contribution >= 4 is 27.6 Å². The molecule has 0 radical (unpaired) electrons. The molecule has 2 aliphatic heterocycles. The number of rotatable bonds is 3. The molecule has 2 heterocycles. The zero-order valence-electron chi connectivity index (χ0n) is 13.5. The number of carbonyl (C=O) groups is 1. The number of guanidine groups is 1. The first kappa shape index (κ1) is 16.7. The number of benzene rings is 1. The molecule has 0 atom stereocenters. The highest BCUT2D eigenvalue weighted by molar-refractivity contribution is 7.89. The van der Waals surface area contributed by atoms with Crippen LogP contribution in [0.4, 0.5) is 5.69 Å². The van der Waals surface area contributed by atoms with Crippen LogP contribution < -0.4 is 10.6 Å². The monoisotopic (exact) mass is 351 g/mol. The van der Waals surface area contributed by atoms with Crippen LogP contribution in [0.5, 0.6) is 0 Å². The van der Waals surface area contributed by atoms with Crippen molar-refractivity contribution in [2.45, 2.75) is 11.8 Å². The van der Waals surface area contributed by atoms with Crippen molar-refractivity contribution in [2.24, 2.45) is 4.99 Å². The summed E-state index contributed by atoms with van der Waals surface area (Å²) in [4.78, 5) is 17.7. The lowest BCUT2D eigenvalue weighted by molar-refractivity contribution is -0.114. The molecule has 0 saturated carbocycles. The lowest BCUT2D eigenvalue weighted by atomic mass is 10.3. The second kappa shape index (κ2) is 6.78. The number of aliphatic imine (C=N–C) groups is 1. The van der Waals surface area contributed by atoms with Gasteiger partial charge in [0.1, 0.15) is 0 Å². The van der Waals surface area contributed by atoms with Gasteiger partial charge in [-0.15, -0.1) is 0 Å². The summed E-state index contributed by atoms with van der Waals surface area (Å²) in [6.45, 7) is 5.36. The first-order valence-electron chi connectivity index (χ1n) is 7.89. The summed E-state index contributed by atoms with van der Waals surface area (Å²) in [6, 6.07) is 6.20. The number of hydrogen-bond donors (Lipinski definition) is 2. The van der Waals surface area contributed by atoms with E-state index in [0.717, 1.165) is 26.2 Å². The highest BCUT2D eigenvalue weighted by Crippen LogP contribution is 2.22. The predicted molar refractivity (Wildman–Crippen MR) is 91.4 cm³/mol. The Balaban J connectivity index is 1.81. The minimum absolute atomic E-state index is 0.196. The van der Waals surface area contributed by atoms with Crippen LogP contribution in [-0.4, -0.2) is 68.8 Å². The van der Waals surface area contributed by atoms with Crippen molar-refractivity contribution in [3.05, 3.63) is 24.3 Å². The van der Waals surface area contributed by atoms with Gasteiger partial charge in [-0.3, -0.25) is 9.79 Å². The minimum Gasteiger partial charge on any atom is -0.339 e. The van der Waals surface area contributed by atoms with Gasteiger partial charge in [-0.2, -0.15) is 0 Å². The van der Waals surface area contributed by atoms with Crippen LogP contribution in [0.2, 0.25) is 0 Å². The number of anilines is 1. The first-order chi connectivity index (χ1) is 11.5. The number of amides is 1. The Hall–Kier alpha value is -2.13. The molecule has 3 rings (SSSR count). The summed E-state index contributed by atoms with van der Waals surface area (Å²) in [7, 11) is -3.65. The van der Waals surface area contributed by atoms with Gasteiger partial charge in [-0.1, -0.05) is 0 Å². The summed E-state index contributed by atoms with van der Waals surface area (Å²) >= 11 is 0. The zero-order chi connectivity index (χ0) is 17.2. The SMILES string of the molecule is CC(=O)Nc1ccc(S(=O)(=O)N2CCN=C2N2CCNCC2)cc1. The first-order valence-corrected chi connectivity index (χ1v) is 9.33. The Kier molecular flexibility index (Phi) is 4.72. The van der Waals surface area contributed by atoms with Crippen molar-refractivity contribution in [1.82, 2.24) is 14.5 Å². The largest absolute Gasteiger partial charge is 0.339 e. The summed E-state index contributed by atoms with van der Waals surface area (Å²) < 4.78 is 27.3. The van der Waals surface area contributed by atoms with E-state index >= 15 is 0 Å². The van der Waals surface area contributed by atoms with Crippen LogP contribution in [0.1, 0.15) is 6.92 Å². The smallest absolute Gasteiger partial charge is 0.266 e. The fourth-order valence-electron chi connectivity index (χ4n) is 2.81. The zero-order valence-corrected chi connectivity index (χ0v) is 14.3. The van der Waals surface area contributed by atoms with Crippen LogP contribution in [0, 0.1) is 0 Å². The normalized spacial score (nSPS) is 18.5. The highest BCUT2D eigenvalue weighted by atomic mass is 32.2. The van der Waals surface area contributed by atoms with Crippen LogP contribution in [0.15, 0.2) is 34.2 Å². The van der Waals surface area contributed by atoms with Gasteiger partial charge in [0, 0.05) is 38.8 Å². The lowest BCUT2D eigenvalue weighted by Crippen LogP contribution is -2.52. The molecule has 2 N–H and O–H groups in total. The van der Waals surface area contributed by atoms with E-state index in [1.165, 1.54) is 23.4 Å². The van der Waals surface area contributed by atoms with E-state index in [9.17, 15) is 13.2 Å². The molecule has 0 bridgehead atoms. The fraction of sp³-hybridized carbons (Fsp3) is 0.467. The van der Waals surface area contributed by atoms with Gasteiger partial charge >= 0.3 is 0 Å². The van der Waals surface area contributed by atoms with Gasteiger partial charge in [0.25, 0.3) is 10.0 Å². The third-order valence-corrected chi connectivity index (χ3v) is 5.74. The van der Waals surface area contributed by atoms with E-state index in [4.69, 9.17) is 0 Å². The summed E-state index contributed by atoms with van der Waals surface area (Å²) in [5, 5.41) is 5.87. The average molecular weight is 351 g/mol. The average Bonchev–Trinajstić information content (AvgIpc) is 3.06. The lowest BCUT2D eigenvalue weighted by Gasteiger charge is -2.33. The summed E-state index contributed by atoms with van der Waals surface area (Å²) in [5.74, 6) is 0.334. The van der Waals surface area contributed by atoms with Crippen LogP contribution in [-0.2, 0) is 14.8 Å². The molecule has 24 heavy (non-hydrogen) atoms. The third kappa shape index (κ3) is 3.36. The van der Waals surface area contributed by atoms with Gasteiger partial charge in [0.15, 0.2) is 0 Å². The molecular formula is C15H21N5O3S. The molecular weight excluding hydrogens is 330 g/mol. The van der Waals surface area contributed by atoms with E-state index in [0.29, 0.717) is 24.7 Å². The Morgan fingerprint density at radius 1 is 1.17 bits per heavy atom. The number of hydrogen-bond acceptors (Lipinski definition) is 6. The van der Waals surface area contributed by atoms with Crippen molar-refractivity contribution in [1.29, 1.82) is 0 Å². The molecule has 130 valence electrons. The molecule has 0 aliphatic carbocycles. The third-order valence-electron chi connectivity index (χ3n) is 3.94. The number of piperazine rings is 1. The van der Waals surface area contributed by atoms with E-state index in [1.807, 2.05) is 4.90 Å². The maximum Gasteiger partial charge on any atom is 0.266 e. The molecule has 0 aromatic heterocycles. The van der Waals surface area contributed by atoms with Crippen LogP contribution in [0.25, 0.3) is 0 Å². The standard InChI is InChI=1S/C15H21N5O3S/c1-12(21)18-13-2-4-14(5-3-13)24(22,23)20-11-8-17-15(20)19-9-6-16-7-10-19/h2-5,16H,6-11H2,1H3,(H,18,21). The molecule has 1 aromatic carbocycles. The fourth-order valence-corrected chi connectivity index (χ4v) is 4.26. The number of nitrogens with one attached hydrogen (secondary N) is 2. The van der Waals surface area contributed by atoms with Crippen molar-refractivity contribution in [3.8, 4) is 0 Å². The van der Waals surface area contributed by atoms with E-state index < -0.39 is 10.0 Å². The van der Waals surface area contributed by atoms with Gasteiger partial charge in [0.2, 0.25) is 11.9 Å². The number of nitrogens with zero attached hydrogens (tertiary/aromatic N) is 3. The van der Waals surface area contributed by atoms with Gasteiger partial charge in [0.05, 0.1) is 18.0 Å². The Labute approximate surface area is 141 Å². The quantitative estimate of drug-likeness (QED) is 0.794. The van der Waals surface area contributed by atoms with Gasteiger partial charge in [-0.25, -0.2) is 12.7 Å². The molecule has 1 saturated heterocycles. The molecule has 9 heteroatoms. The number of sulfonamides is 1. The molecule has 0 unspecified atom stereocenters. The van der Waals surface area contributed by atoms with E-state index in [2.05, 4.69) is 15.6 Å². The molecule has 8 nitrogen and oxygen atoms in total. The molecule has 0 spiro atoms. The Bertz CT molecular complexity index is 739. The maximum absolute atomic E-state index is 12.9. The Morgan fingerprint density at radius 3 is 2.46 bits per heavy atom. The summed E-state index contributed by atoms with van der Waals surface area (Å²) in [6.07, 6.45) is 0. The van der Waals surface area contributed by atoms with Crippen molar-refractivity contribution < 1.29 is 13.2 Å². The number of carbonyl (C=O) groups excluding carboxylic acids is 1. The van der Waals surface area contributed by atoms with Gasteiger partial charge < -0.3 is 15.5 Å². The summed E-state index contributed by atoms with van der Waals surface area (Å²) in [5.41, 5.74) is 0.568.